The van der Waals surface area contributed by atoms with E-state index in [1.54, 1.807) is 36.3 Å². The molecule has 0 aliphatic carbocycles. The Balaban J connectivity index is 1.53. The summed E-state index contributed by atoms with van der Waals surface area (Å²) in [6.07, 6.45) is -0.623. The van der Waals surface area contributed by atoms with Crippen molar-refractivity contribution in [3.05, 3.63) is 144 Å². The van der Waals surface area contributed by atoms with E-state index in [1.807, 2.05) is 105 Å². The van der Waals surface area contributed by atoms with Crippen LogP contribution in [0.25, 0.3) is 0 Å². The van der Waals surface area contributed by atoms with Crippen LogP contribution in [0.2, 0.25) is 0 Å². The molecule has 1 amide bonds. The molecule has 0 saturated heterocycles. The molecule has 8 nitrogen and oxygen atoms in total. The predicted molar refractivity (Wildman–Crippen MR) is 181 cm³/mol. The van der Waals surface area contributed by atoms with Gasteiger partial charge in [0.25, 0.3) is 15.9 Å². The first-order valence-corrected chi connectivity index (χ1v) is 16.5. The zero-order valence-electron chi connectivity index (χ0n) is 25.9. The number of amides is 1. The quantitative estimate of drug-likeness (QED) is 0.171. The second-order valence-corrected chi connectivity index (χ2v) is 12.7. The minimum absolute atomic E-state index is 0.0118. The summed E-state index contributed by atoms with van der Waals surface area (Å²) in [5.74, 6) is 0.965. The second kappa shape index (κ2) is 13.0. The fraction of sp³-hybridized carbons (Fsp3) is 0.162. The van der Waals surface area contributed by atoms with Gasteiger partial charge in [-0.2, -0.15) is 0 Å². The molecular formula is C37H35N3O5S. The molecular weight excluding hydrogens is 598 g/mol. The first-order valence-electron chi connectivity index (χ1n) is 15.0. The molecule has 5 aromatic carbocycles. The number of methoxy groups -OCH3 is 1. The van der Waals surface area contributed by atoms with Gasteiger partial charge in [-0.15, -0.1) is 0 Å². The lowest BCUT2D eigenvalue weighted by Gasteiger charge is -2.46. The van der Waals surface area contributed by atoms with Gasteiger partial charge in [0.15, 0.2) is 0 Å². The number of para-hydroxylation sites is 1. The fourth-order valence-corrected chi connectivity index (χ4v) is 6.80. The van der Waals surface area contributed by atoms with E-state index in [2.05, 4.69) is 9.62 Å². The molecule has 234 valence electrons. The fourth-order valence-electron chi connectivity index (χ4n) is 5.72. The van der Waals surface area contributed by atoms with E-state index in [-0.39, 0.29) is 16.4 Å². The molecule has 5 aromatic rings. The largest absolute Gasteiger partial charge is 0.496 e. The van der Waals surface area contributed by atoms with Crippen molar-refractivity contribution in [1.29, 1.82) is 0 Å². The van der Waals surface area contributed by atoms with E-state index in [4.69, 9.17) is 9.47 Å². The maximum Gasteiger partial charge on any atom is 0.262 e. The van der Waals surface area contributed by atoms with Gasteiger partial charge in [0.2, 0.25) is 0 Å². The number of fused-ring (bicyclic) bond motifs is 1. The van der Waals surface area contributed by atoms with Gasteiger partial charge in [-0.3, -0.25) is 14.4 Å². The highest BCUT2D eigenvalue weighted by Gasteiger charge is 2.41. The van der Waals surface area contributed by atoms with Gasteiger partial charge in [0.1, 0.15) is 17.7 Å². The van der Waals surface area contributed by atoms with Crippen molar-refractivity contribution in [1.82, 2.24) is 0 Å². The minimum Gasteiger partial charge on any atom is -0.496 e. The maximum absolute atomic E-state index is 14.7. The molecule has 1 N–H and O–H groups in total. The number of nitrogens with zero attached hydrogens (tertiary/aromatic N) is 2. The van der Waals surface area contributed by atoms with E-state index in [0.717, 1.165) is 16.7 Å². The van der Waals surface area contributed by atoms with Gasteiger partial charge in [-0.25, -0.2) is 8.42 Å². The van der Waals surface area contributed by atoms with Crippen LogP contribution >= 0.6 is 0 Å². The number of ether oxygens (including phenoxy) is 2. The standard InChI is InChI=1S/C37H35N3O5S/c1-4-45-30-20-18-29(19-21-30)40-36(32-12-8-9-13-35(32)44-3)39(25-27-10-6-5-7-11-27)34-23-22-31(24-33(34)37(40)41)46(42,43)38-28-16-14-26(2)15-17-28/h5-24,36,38H,4,25H2,1-3H3/t36-/m1/s1. The SMILES string of the molecule is CCOc1ccc(N2C(=O)c3cc(S(=O)(=O)Nc4ccc(C)cc4)ccc3N(Cc3ccccc3)[C@H]2c2ccccc2OC)cc1. The average Bonchev–Trinajstić information content (AvgIpc) is 3.07. The molecule has 1 heterocycles. The van der Waals surface area contributed by atoms with Crippen molar-refractivity contribution in [3.8, 4) is 11.5 Å². The van der Waals surface area contributed by atoms with E-state index >= 15 is 0 Å². The summed E-state index contributed by atoms with van der Waals surface area (Å²) >= 11 is 0. The smallest absolute Gasteiger partial charge is 0.262 e. The highest BCUT2D eigenvalue weighted by Crippen LogP contribution is 2.45. The van der Waals surface area contributed by atoms with Crippen LogP contribution in [0.3, 0.4) is 0 Å². The van der Waals surface area contributed by atoms with Gasteiger partial charge in [0, 0.05) is 23.5 Å². The van der Waals surface area contributed by atoms with Crippen molar-refractivity contribution in [2.45, 2.75) is 31.5 Å². The number of aryl methyl sites for hydroxylation is 1. The molecule has 0 radical (unpaired) electrons. The number of sulfonamides is 1. The summed E-state index contributed by atoms with van der Waals surface area (Å²) in [5, 5.41) is 0. The normalized spacial score (nSPS) is 14.5. The number of anilines is 3. The minimum atomic E-state index is -4.01. The number of hydrogen-bond acceptors (Lipinski definition) is 6. The number of rotatable bonds is 10. The summed E-state index contributed by atoms with van der Waals surface area (Å²) in [4.78, 5) is 18.5. The Hall–Kier alpha value is -5.28. The molecule has 46 heavy (non-hydrogen) atoms. The summed E-state index contributed by atoms with van der Waals surface area (Å²) < 4.78 is 41.3. The molecule has 0 aromatic heterocycles. The Morgan fingerprint density at radius 1 is 0.826 bits per heavy atom. The molecule has 0 bridgehead atoms. The van der Waals surface area contributed by atoms with E-state index in [1.165, 1.54) is 6.07 Å². The number of carbonyl (C=O) groups excluding carboxylic acids is 1. The Morgan fingerprint density at radius 3 is 2.22 bits per heavy atom. The third-order valence-electron chi connectivity index (χ3n) is 7.92. The highest BCUT2D eigenvalue weighted by atomic mass is 32.2. The Labute approximate surface area is 269 Å². The molecule has 0 unspecified atom stereocenters. The summed E-state index contributed by atoms with van der Waals surface area (Å²) in [5.41, 5.74) is 4.76. The topological polar surface area (TPSA) is 88.2 Å². The van der Waals surface area contributed by atoms with Crippen molar-refractivity contribution >= 4 is 33.0 Å². The Kier molecular flexibility index (Phi) is 8.68. The van der Waals surface area contributed by atoms with Gasteiger partial charge in [0.05, 0.1) is 29.9 Å². The van der Waals surface area contributed by atoms with Crippen LogP contribution in [0.15, 0.2) is 126 Å². The Morgan fingerprint density at radius 2 is 1.52 bits per heavy atom. The summed E-state index contributed by atoms with van der Waals surface area (Å²) in [7, 11) is -2.40. The molecule has 1 atom stereocenters. The van der Waals surface area contributed by atoms with E-state index in [9.17, 15) is 13.2 Å². The monoisotopic (exact) mass is 633 g/mol. The van der Waals surface area contributed by atoms with Crippen LogP contribution in [0.1, 0.15) is 40.1 Å². The molecule has 9 heteroatoms. The summed E-state index contributed by atoms with van der Waals surface area (Å²) in [6, 6.07) is 36.8. The lowest BCUT2D eigenvalue weighted by Crippen LogP contribution is -2.49. The first kappa shape index (κ1) is 30.7. The third-order valence-corrected chi connectivity index (χ3v) is 9.30. The van der Waals surface area contributed by atoms with Crippen LogP contribution in [0.5, 0.6) is 11.5 Å². The maximum atomic E-state index is 14.7. The van der Waals surface area contributed by atoms with Gasteiger partial charge < -0.3 is 14.4 Å². The van der Waals surface area contributed by atoms with Gasteiger partial charge in [-0.1, -0.05) is 66.2 Å². The number of carbonyl (C=O) groups is 1. The number of nitrogens with one attached hydrogen (secondary N) is 1. The highest BCUT2D eigenvalue weighted by molar-refractivity contribution is 7.92. The van der Waals surface area contributed by atoms with Crippen LogP contribution in [-0.4, -0.2) is 28.0 Å². The van der Waals surface area contributed by atoms with Crippen molar-refractivity contribution < 1.29 is 22.7 Å². The zero-order chi connectivity index (χ0) is 32.3. The van der Waals surface area contributed by atoms with Crippen molar-refractivity contribution in [2.24, 2.45) is 0 Å². The first-order chi connectivity index (χ1) is 22.3. The van der Waals surface area contributed by atoms with E-state index in [0.29, 0.717) is 41.7 Å². The van der Waals surface area contributed by atoms with Crippen molar-refractivity contribution in [3.63, 3.8) is 0 Å². The number of benzene rings is 5. The van der Waals surface area contributed by atoms with Crippen LogP contribution in [0, 0.1) is 6.92 Å². The molecule has 0 saturated carbocycles. The lowest BCUT2D eigenvalue weighted by atomic mass is 9.98. The third kappa shape index (κ3) is 6.14. The van der Waals surface area contributed by atoms with Gasteiger partial charge in [-0.05, 0) is 80.1 Å². The number of hydrogen-bond donors (Lipinski definition) is 1. The lowest BCUT2D eigenvalue weighted by molar-refractivity contribution is 0.0967. The molecule has 1 aliphatic heterocycles. The van der Waals surface area contributed by atoms with Crippen molar-refractivity contribution in [2.75, 3.05) is 28.2 Å². The van der Waals surface area contributed by atoms with Gasteiger partial charge >= 0.3 is 0 Å². The Bertz CT molecular complexity index is 1950. The predicted octanol–water partition coefficient (Wildman–Crippen LogP) is 7.57. The molecule has 1 aliphatic rings. The van der Waals surface area contributed by atoms with Crippen LogP contribution < -0.4 is 24.0 Å². The van der Waals surface area contributed by atoms with E-state index < -0.39 is 16.2 Å². The zero-order valence-corrected chi connectivity index (χ0v) is 26.7. The van der Waals surface area contributed by atoms with Crippen LogP contribution in [-0.2, 0) is 16.6 Å². The second-order valence-electron chi connectivity index (χ2n) is 11.0. The van der Waals surface area contributed by atoms with Crippen LogP contribution in [0.4, 0.5) is 17.1 Å². The summed E-state index contributed by atoms with van der Waals surface area (Å²) in [6.45, 7) is 4.80. The molecule has 0 fully saturated rings. The average molecular weight is 634 g/mol. The molecule has 6 rings (SSSR count). The molecule has 0 spiro atoms.